The highest BCUT2D eigenvalue weighted by Gasteiger charge is 2.53. The summed E-state index contributed by atoms with van der Waals surface area (Å²) in [5.41, 5.74) is 0.543. The Labute approximate surface area is 142 Å². The number of likely N-dealkylation sites (tertiary alicyclic amines) is 1. The average molecular weight is 341 g/mol. The van der Waals surface area contributed by atoms with Crippen LogP contribution in [0, 0.1) is 5.82 Å². The van der Waals surface area contributed by atoms with E-state index in [0.29, 0.717) is 31.6 Å². The smallest absolute Gasteiger partial charge is 0.238 e. The lowest BCUT2D eigenvalue weighted by atomic mass is 9.73. The fraction of sp³-hybridized carbons (Fsp3) is 0.529. The number of carbonyl (C=O) groups is 2. The number of nitrogens with zero attached hydrogens (tertiary/aromatic N) is 2. The van der Waals surface area contributed by atoms with E-state index in [1.807, 2.05) is 19.9 Å². The van der Waals surface area contributed by atoms with Crippen LogP contribution in [0.1, 0.15) is 39.2 Å². The van der Waals surface area contributed by atoms with Crippen LogP contribution in [0.4, 0.5) is 10.1 Å². The summed E-state index contributed by atoms with van der Waals surface area (Å²) < 4.78 is 14.4. The van der Waals surface area contributed by atoms with E-state index in [4.69, 9.17) is 0 Å². The van der Waals surface area contributed by atoms with Crippen LogP contribution in [-0.4, -0.2) is 35.8 Å². The van der Waals surface area contributed by atoms with Crippen LogP contribution in [0.15, 0.2) is 18.2 Å². The summed E-state index contributed by atoms with van der Waals surface area (Å²) in [6, 6.07) is 4.85. The van der Waals surface area contributed by atoms with Crippen molar-refractivity contribution in [1.29, 1.82) is 0 Å². The van der Waals surface area contributed by atoms with Crippen molar-refractivity contribution in [3.05, 3.63) is 29.6 Å². The van der Waals surface area contributed by atoms with Gasteiger partial charge in [0.1, 0.15) is 5.82 Å². The van der Waals surface area contributed by atoms with Gasteiger partial charge in [0.15, 0.2) is 0 Å². The Bertz CT molecular complexity index is 639. The maximum absolute atomic E-state index is 14.4. The number of amides is 2. The molecule has 1 spiro atoms. The summed E-state index contributed by atoms with van der Waals surface area (Å²) >= 11 is 0. The Balaban J connectivity index is 0.00000192. The number of carbonyl (C=O) groups excluding carboxylic acids is 2. The standard InChI is InChI=1S/C17H21FN2O2.ClH/c1-11(2)20-15-13(5-4-6-14(15)18)17(16(20)22)7-9-19(10-8-17)12(3)21;/h4-6,11H,7-10H2,1-3H3;1H. The van der Waals surface area contributed by atoms with Crippen LogP contribution < -0.4 is 4.90 Å². The highest BCUT2D eigenvalue weighted by molar-refractivity contribution is 6.08. The van der Waals surface area contributed by atoms with Crippen molar-refractivity contribution in [2.45, 2.75) is 45.1 Å². The summed E-state index contributed by atoms with van der Waals surface area (Å²) in [7, 11) is 0. The summed E-state index contributed by atoms with van der Waals surface area (Å²) in [6.45, 7) is 6.43. The third kappa shape index (κ3) is 2.51. The Morgan fingerprint density at radius 2 is 1.87 bits per heavy atom. The first-order valence-corrected chi connectivity index (χ1v) is 7.76. The third-order valence-electron chi connectivity index (χ3n) is 4.95. The molecule has 1 fully saturated rings. The Morgan fingerprint density at radius 1 is 1.26 bits per heavy atom. The molecule has 2 aliphatic heterocycles. The molecule has 0 aromatic heterocycles. The summed E-state index contributed by atoms with van der Waals surface area (Å²) in [5.74, 6) is -0.336. The number of halogens is 2. The van der Waals surface area contributed by atoms with E-state index in [-0.39, 0.29) is 36.1 Å². The molecular weight excluding hydrogens is 319 g/mol. The van der Waals surface area contributed by atoms with Gasteiger partial charge < -0.3 is 9.80 Å². The largest absolute Gasteiger partial charge is 0.343 e. The van der Waals surface area contributed by atoms with Crippen molar-refractivity contribution < 1.29 is 14.0 Å². The molecule has 4 nitrogen and oxygen atoms in total. The third-order valence-corrected chi connectivity index (χ3v) is 4.95. The number of para-hydroxylation sites is 1. The van der Waals surface area contributed by atoms with Crippen LogP contribution in [-0.2, 0) is 15.0 Å². The second kappa shape index (κ2) is 6.11. The predicted molar refractivity (Wildman–Crippen MR) is 89.4 cm³/mol. The zero-order chi connectivity index (χ0) is 16.1. The quantitative estimate of drug-likeness (QED) is 0.788. The Kier molecular flexibility index (Phi) is 4.71. The molecule has 2 amide bonds. The molecule has 23 heavy (non-hydrogen) atoms. The van der Waals surface area contributed by atoms with Gasteiger partial charge in [0, 0.05) is 26.1 Å². The number of hydrogen-bond acceptors (Lipinski definition) is 2. The molecule has 0 aliphatic carbocycles. The normalized spacial score (nSPS) is 19.1. The number of hydrogen-bond donors (Lipinski definition) is 0. The second-order valence-corrected chi connectivity index (χ2v) is 6.49. The SMILES string of the molecule is CC(=O)N1CCC2(CC1)C(=O)N(C(C)C)c1c(F)cccc12.Cl. The molecule has 0 N–H and O–H groups in total. The van der Waals surface area contributed by atoms with Crippen molar-refractivity contribution in [2.24, 2.45) is 0 Å². The van der Waals surface area contributed by atoms with Gasteiger partial charge in [-0.05, 0) is 38.3 Å². The fourth-order valence-corrected chi connectivity index (χ4v) is 3.77. The van der Waals surface area contributed by atoms with Gasteiger partial charge in [0.2, 0.25) is 11.8 Å². The number of benzene rings is 1. The van der Waals surface area contributed by atoms with Crippen molar-refractivity contribution >= 4 is 29.9 Å². The van der Waals surface area contributed by atoms with E-state index in [0.717, 1.165) is 5.56 Å². The van der Waals surface area contributed by atoms with E-state index in [1.54, 1.807) is 22.8 Å². The Morgan fingerprint density at radius 3 is 2.39 bits per heavy atom. The van der Waals surface area contributed by atoms with Crippen molar-refractivity contribution in [1.82, 2.24) is 4.90 Å². The van der Waals surface area contributed by atoms with Crippen molar-refractivity contribution in [3.63, 3.8) is 0 Å². The van der Waals surface area contributed by atoms with Gasteiger partial charge in [0.05, 0.1) is 11.1 Å². The lowest BCUT2D eigenvalue weighted by Crippen LogP contribution is -2.50. The first-order valence-electron chi connectivity index (χ1n) is 7.76. The lowest BCUT2D eigenvalue weighted by Gasteiger charge is -2.38. The van der Waals surface area contributed by atoms with Gasteiger partial charge in [-0.25, -0.2) is 4.39 Å². The minimum absolute atomic E-state index is 0. The number of fused-ring (bicyclic) bond motifs is 2. The first-order chi connectivity index (χ1) is 10.4. The molecule has 0 bridgehead atoms. The van der Waals surface area contributed by atoms with Gasteiger partial charge in [-0.3, -0.25) is 9.59 Å². The summed E-state index contributed by atoms with van der Waals surface area (Å²) in [6.07, 6.45) is 1.12. The molecule has 0 unspecified atom stereocenters. The van der Waals surface area contributed by atoms with Crippen LogP contribution in [0.2, 0.25) is 0 Å². The van der Waals surface area contributed by atoms with E-state index in [1.165, 1.54) is 6.07 Å². The van der Waals surface area contributed by atoms with Gasteiger partial charge in [-0.2, -0.15) is 0 Å². The highest BCUT2D eigenvalue weighted by atomic mass is 35.5. The number of rotatable bonds is 1. The number of piperidine rings is 1. The monoisotopic (exact) mass is 340 g/mol. The molecule has 0 saturated carbocycles. The molecule has 2 heterocycles. The van der Waals surface area contributed by atoms with Gasteiger partial charge in [-0.1, -0.05) is 12.1 Å². The summed E-state index contributed by atoms with van der Waals surface area (Å²) in [5, 5.41) is 0. The molecule has 1 aromatic rings. The first kappa shape index (κ1) is 17.7. The maximum atomic E-state index is 14.4. The topological polar surface area (TPSA) is 40.6 Å². The van der Waals surface area contributed by atoms with Gasteiger partial charge in [-0.15, -0.1) is 12.4 Å². The second-order valence-electron chi connectivity index (χ2n) is 6.49. The van der Waals surface area contributed by atoms with E-state index in [2.05, 4.69) is 0 Å². The maximum Gasteiger partial charge on any atom is 0.238 e. The molecule has 2 aliphatic rings. The van der Waals surface area contributed by atoms with Crippen LogP contribution in [0.3, 0.4) is 0 Å². The van der Waals surface area contributed by atoms with Gasteiger partial charge in [0.25, 0.3) is 0 Å². The molecule has 1 aromatic carbocycles. The molecule has 3 rings (SSSR count). The molecule has 0 radical (unpaired) electrons. The van der Waals surface area contributed by atoms with Crippen molar-refractivity contribution in [3.8, 4) is 0 Å². The molecule has 0 atom stereocenters. The van der Waals surface area contributed by atoms with Crippen LogP contribution in [0.5, 0.6) is 0 Å². The lowest BCUT2D eigenvalue weighted by molar-refractivity contribution is -0.133. The van der Waals surface area contributed by atoms with Crippen molar-refractivity contribution in [2.75, 3.05) is 18.0 Å². The minimum atomic E-state index is -0.673. The highest BCUT2D eigenvalue weighted by Crippen LogP contribution is 2.49. The van der Waals surface area contributed by atoms with Crippen LogP contribution >= 0.6 is 12.4 Å². The van der Waals surface area contributed by atoms with E-state index in [9.17, 15) is 14.0 Å². The molecule has 126 valence electrons. The fourth-order valence-electron chi connectivity index (χ4n) is 3.77. The molecule has 1 saturated heterocycles. The number of anilines is 1. The zero-order valence-electron chi connectivity index (χ0n) is 13.6. The minimum Gasteiger partial charge on any atom is -0.343 e. The average Bonchev–Trinajstić information content (AvgIpc) is 2.71. The molecular formula is C17H22ClFN2O2. The van der Waals surface area contributed by atoms with E-state index >= 15 is 0 Å². The van der Waals surface area contributed by atoms with Crippen LogP contribution in [0.25, 0.3) is 0 Å². The zero-order valence-corrected chi connectivity index (χ0v) is 14.5. The van der Waals surface area contributed by atoms with Gasteiger partial charge >= 0.3 is 0 Å². The Hall–Kier alpha value is -1.62. The summed E-state index contributed by atoms with van der Waals surface area (Å²) in [4.78, 5) is 27.9. The molecule has 6 heteroatoms. The van der Waals surface area contributed by atoms with E-state index < -0.39 is 5.41 Å². The predicted octanol–water partition coefficient (Wildman–Crippen LogP) is 2.88.